The summed E-state index contributed by atoms with van der Waals surface area (Å²) in [6, 6.07) is 15.3. The van der Waals surface area contributed by atoms with Crippen molar-refractivity contribution in [3.8, 4) is 17.1 Å². The van der Waals surface area contributed by atoms with Crippen LogP contribution >= 0.6 is 0 Å². The van der Waals surface area contributed by atoms with Gasteiger partial charge < -0.3 is 19.3 Å². The van der Waals surface area contributed by atoms with Gasteiger partial charge >= 0.3 is 0 Å². The van der Waals surface area contributed by atoms with Crippen molar-refractivity contribution in [1.29, 1.82) is 0 Å². The molecule has 164 valence electrons. The van der Waals surface area contributed by atoms with Crippen molar-refractivity contribution in [2.75, 3.05) is 32.7 Å². The van der Waals surface area contributed by atoms with E-state index >= 15 is 0 Å². The average Bonchev–Trinajstić information content (AvgIpc) is 3.24. The molecule has 0 radical (unpaired) electrons. The lowest BCUT2D eigenvalue weighted by atomic mass is 10.1. The molecule has 3 rings (SSSR count). The molecule has 0 atom stereocenters. The summed E-state index contributed by atoms with van der Waals surface area (Å²) in [5, 5.41) is 6.52. The van der Waals surface area contributed by atoms with E-state index in [4.69, 9.17) is 14.0 Å². The first-order chi connectivity index (χ1) is 14.9. The molecule has 1 aromatic heterocycles. The molecule has 3 aromatic rings. The van der Waals surface area contributed by atoms with Crippen LogP contribution in [0.3, 0.4) is 0 Å². The molecule has 1 amide bonds. The number of aromatic nitrogens is 1. The van der Waals surface area contributed by atoms with Crippen LogP contribution in [0.25, 0.3) is 11.3 Å². The van der Waals surface area contributed by atoms with Crippen LogP contribution in [0, 0.1) is 0 Å². The molecule has 2 aromatic carbocycles. The third kappa shape index (κ3) is 6.38. The highest BCUT2D eigenvalue weighted by atomic mass is 32.2. The lowest BCUT2D eigenvalue weighted by molar-refractivity contribution is 0.101. The zero-order chi connectivity index (χ0) is 22.3. The Balaban J connectivity index is 1.65. The Kier molecular flexibility index (Phi) is 7.40. The van der Waals surface area contributed by atoms with Crippen LogP contribution in [0.15, 0.2) is 59.1 Å². The predicted octanol–water partition coefficient (Wildman–Crippen LogP) is 2.67. The first kappa shape index (κ1) is 22.5. The Bertz CT molecular complexity index is 1130. The molecule has 0 spiro atoms. The summed E-state index contributed by atoms with van der Waals surface area (Å²) in [5.74, 6) is 0.458. The molecule has 10 heteroatoms. The highest BCUT2D eigenvalue weighted by molar-refractivity contribution is 7.88. The smallest absolute Gasteiger partial charge is 0.277 e. The van der Waals surface area contributed by atoms with Crippen molar-refractivity contribution >= 4 is 21.6 Å². The largest absolute Gasteiger partial charge is 0.497 e. The second-order valence-electron chi connectivity index (χ2n) is 6.61. The van der Waals surface area contributed by atoms with Crippen LogP contribution in [0.4, 0.5) is 5.69 Å². The van der Waals surface area contributed by atoms with E-state index in [-0.39, 0.29) is 24.6 Å². The Hall–Kier alpha value is -3.21. The van der Waals surface area contributed by atoms with Crippen LogP contribution in [0.2, 0.25) is 0 Å². The third-order valence-electron chi connectivity index (χ3n) is 4.29. The quantitative estimate of drug-likeness (QED) is 0.460. The fraction of sp³-hybridized carbons (Fsp3) is 0.238. The van der Waals surface area contributed by atoms with E-state index < -0.39 is 15.9 Å². The van der Waals surface area contributed by atoms with Gasteiger partial charge in [0, 0.05) is 31.0 Å². The lowest BCUT2D eigenvalue weighted by Crippen LogP contribution is -2.28. The maximum atomic E-state index is 12.5. The number of nitrogens with one attached hydrogen (secondary N) is 2. The Morgan fingerprint density at radius 3 is 2.58 bits per heavy atom. The van der Waals surface area contributed by atoms with E-state index in [2.05, 4.69) is 15.2 Å². The van der Waals surface area contributed by atoms with Crippen molar-refractivity contribution in [3.05, 3.63) is 65.9 Å². The van der Waals surface area contributed by atoms with Crippen LogP contribution in [0.1, 0.15) is 16.1 Å². The number of sulfonamides is 1. The first-order valence-corrected chi connectivity index (χ1v) is 11.0. The maximum Gasteiger partial charge on any atom is 0.277 e. The minimum atomic E-state index is -3.52. The summed E-state index contributed by atoms with van der Waals surface area (Å²) < 4.78 is 41.9. The average molecular weight is 445 g/mol. The normalized spacial score (nSPS) is 11.3. The third-order valence-corrected chi connectivity index (χ3v) is 5.64. The number of hydrogen-bond acceptors (Lipinski definition) is 7. The second-order valence-corrected chi connectivity index (χ2v) is 8.41. The Morgan fingerprint density at radius 1 is 1.10 bits per heavy atom. The summed E-state index contributed by atoms with van der Waals surface area (Å²) in [7, 11) is -0.443. The van der Waals surface area contributed by atoms with Gasteiger partial charge in [-0.2, -0.15) is 0 Å². The highest BCUT2D eigenvalue weighted by Crippen LogP contribution is 2.23. The number of amides is 1. The van der Waals surface area contributed by atoms with Gasteiger partial charge in [-0.15, -0.1) is 0 Å². The van der Waals surface area contributed by atoms with Gasteiger partial charge in [-0.1, -0.05) is 17.3 Å². The van der Waals surface area contributed by atoms with E-state index in [9.17, 15) is 13.2 Å². The number of hydrogen-bond donors (Lipinski definition) is 2. The zero-order valence-corrected chi connectivity index (χ0v) is 17.9. The Labute approximate surface area is 180 Å². The van der Waals surface area contributed by atoms with Crippen molar-refractivity contribution in [2.45, 2.75) is 5.75 Å². The van der Waals surface area contributed by atoms with E-state index in [1.54, 1.807) is 55.6 Å². The lowest BCUT2D eigenvalue weighted by Gasteiger charge is -2.08. The summed E-state index contributed by atoms with van der Waals surface area (Å²) in [4.78, 5) is 12.5. The molecule has 31 heavy (non-hydrogen) atoms. The molecular formula is C21H23N3O6S. The van der Waals surface area contributed by atoms with E-state index in [0.29, 0.717) is 22.8 Å². The van der Waals surface area contributed by atoms with Gasteiger partial charge in [-0.05, 0) is 42.0 Å². The SMILES string of the molecule is COCCNS(=O)(=O)Cc1cccc(NC(=O)c2cc(-c3ccc(OC)cc3)on2)c1. The van der Waals surface area contributed by atoms with E-state index in [0.717, 1.165) is 5.56 Å². The number of methoxy groups -OCH3 is 2. The van der Waals surface area contributed by atoms with Gasteiger partial charge in [-0.3, -0.25) is 4.79 Å². The number of ether oxygens (including phenoxy) is 2. The number of anilines is 1. The van der Waals surface area contributed by atoms with E-state index in [1.165, 1.54) is 13.2 Å². The molecule has 0 unspecified atom stereocenters. The fourth-order valence-electron chi connectivity index (χ4n) is 2.78. The topological polar surface area (TPSA) is 120 Å². The summed E-state index contributed by atoms with van der Waals surface area (Å²) in [6.45, 7) is 0.476. The predicted molar refractivity (Wildman–Crippen MR) is 115 cm³/mol. The first-order valence-electron chi connectivity index (χ1n) is 9.38. The number of rotatable bonds is 10. The van der Waals surface area contributed by atoms with Crippen LogP contribution in [0.5, 0.6) is 5.75 Å². The zero-order valence-electron chi connectivity index (χ0n) is 17.1. The molecule has 0 saturated heterocycles. The van der Waals surface area contributed by atoms with Crippen molar-refractivity contribution in [3.63, 3.8) is 0 Å². The molecule has 0 fully saturated rings. The minimum absolute atomic E-state index is 0.102. The molecule has 2 N–H and O–H groups in total. The molecule has 9 nitrogen and oxygen atoms in total. The van der Waals surface area contributed by atoms with Crippen molar-refractivity contribution in [2.24, 2.45) is 0 Å². The molecule has 0 aliphatic rings. The van der Waals surface area contributed by atoms with Crippen molar-refractivity contribution < 1.29 is 27.2 Å². The molecule has 0 saturated carbocycles. The number of nitrogens with zero attached hydrogens (tertiary/aromatic N) is 1. The number of carbonyl (C=O) groups excluding carboxylic acids is 1. The summed E-state index contributed by atoms with van der Waals surface area (Å²) in [6.07, 6.45) is 0. The number of carbonyl (C=O) groups is 1. The minimum Gasteiger partial charge on any atom is -0.497 e. The maximum absolute atomic E-state index is 12.5. The van der Waals surface area contributed by atoms with E-state index in [1.807, 2.05) is 0 Å². The van der Waals surface area contributed by atoms with Gasteiger partial charge in [0.1, 0.15) is 5.75 Å². The van der Waals surface area contributed by atoms with Gasteiger partial charge in [0.2, 0.25) is 10.0 Å². The van der Waals surface area contributed by atoms with Gasteiger partial charge in [0.15, 0.2) is 11.5 Å². The Morgan fingerprint density at radius 2 is 1.87 bits per heavy atom. The summed E-state index contributed by atoms with van der Waals surface area (Å²) >= 11 is 0. The number of benzene rings is 2. The highest BCUT2D eigenvalue weighted by Gasteiger charge is 2.15. The van der Waals surface area contributed by atoms with Crippen LogP contribution in [-0.4, -0.2) is 46.9 Å². The van der Waals surface area contributed by atoms with Gasteiger partial charge in [-0.25, -0.2) is 13.1 Å². The fourth-order valence-corrected chi connectivity index (χ4v) is 3.89. The van der Waals surface area contributed by atoms with Crippen molar-refractivity contribution in [1.82, 2.24) is 9.88 Å². The monoisotopic (exact) mass is 445 g/mol. The molecule has 0 bridgehead atoms. The molecular weight excluding hydrogens is 422 g/mol. The van der Waals surface area contributed by atoms with Gasteiger partial charge in [0.25, 0.3) is 5.91 Å². The standard InChI is InChI=1S/C21H23N3O6S/c1-28-11-10-22-31(26,27)14-15-4-3-5-17(12-15)23-21(25)19-13-20(30-24-19)16-6-8-18(29-2)9-7-16/h3-9,12-13,22H,10-11,14H2,1-2H3,(H,23,25). The molecule has 1 heterocycles. The summed E-state index contributed by atoms with van der Waals surface area (Å²) in [5.41, 5.74) is 1.83. The van der Waals surface area contributed by atoms with Crippen LogP contribution < -0.4 is 14.8 Å². The molecule has 0 aliphatic heterocycles. The molecule has 0 aliphatic carbocycles. The second kappa shape index (κ2) is 10.2. The van der Waals surface area contributed by atoms with Gasteiger partial charge in [0.05, 0.1) is 19.5 Å². The van der Waals surface area contributed by atoms with Crippen LogP contribution in [-0.2, 0) is 20.5 Å².